The molecule has 2 aromatic rings. The summed E-state index contributed by atoms with van der Waals surface area (Å²) in [5.74, 6) is 0. The maximum Gasteiger partial charge on any atom is 0.294 e. The monoisotopic (exact) mass is 361 g/mol. The summed E-state index contributed by atoms with van der Waals surface area (Å²) in [4.78, 5) is -1.12. The van der Waals surface area contributed by atoms with Crippen molar-refractivity contribution in [2.24, 2.45) is 0 Å². The van der Waals surface area contributed by atoms with Crippen molar-refractivity contribution in [3.05, 3.63) is 47.0 Å². The number of sulfone groups is 1. The van der Waals surface area contributed by atoms with E-state index in [0.717, 1.165) is 6.07 Å². The molecule has 0 aliphatic heterocycles. The van der Waals surface area contributed by atoms with E-state index < -0.39 is 24.9 Å². The number of nitrogen functional groups attached to an aromatic ring is 1. The number of rotatable bonds is 3. The largest absolute Gasteiger partial charge is 0.398 e. The molecule has 6 nitrogen and oxygen atoms in total. The first-order valence-electron chi connectivity index (χ1n) is 5.92. The molecular formula is C13H12ClNO5S2. The highest BCUT2D eigenvalue weighted by atomic mass is 35.5. The van der Waals surface area contributed by atoms with Gasteiger partial charge in [-0.15, -0.1) is 0 Å². The van der Waals surface area contributed by atoms with Crippen LogP contribution in [0.25, 0.3) is 0 Å². The molecule has 0 saturated heterocycles. The number of hydrogen-bond donors (Lipinski definition) is 2. The Hall–Kier alpha value is -1.61. The third kappa shape index (κ3) is 2.95. The first kappa shape index (κ1) is 16.8. The van der Waals surface area contributed by atoms with Crippen LogP contribution in [0.3, 0.4) is 0 Å². The molecule has 2 rings (SSSR count). The lowest BCUT2D eigenvalue weighted by Crippen LogP contribution is -2.09. The van der Waals surface area contributed by atoms with E-state index in [-0.39, 0.29) is 26.1 Å². The summed E-state index contributed by atoms with van der Waals surface area (Å²) in [6, 6.07) is 7.61. The van der Waals surface area contributed by atoms with Gasteiger partial charge in [-0.05, 0) is 36.8 Å². The van der Waals surface area contributed by atoms with Gasteiger partial charge in [-0.3, -0.25) is 4.55 Å². The van der Waals surface area contributed by atoms with E-state index in [1.807, 2.05) is 0 Å². The summed E-state index contributed by atoms with van der Waals surface area (Å²) >= 11 is 5.90. The summed E-state index contributed by atoms with van der Waals surface area (Å²) in [6.45, 7) is 1.43. The van der Waals surface area contributed by atoms with Crippen LogP contribution in [-0.4, -0.2) is 21.4 Å². The minimum Gasteiger partial charge on any atom is -0.398 e. The van der Waals surface area contributed by atoms with Crippen molar-refractivity contribution >= 4 is 37.2 Å². The van der Waals surface area contributed by atoms with Crippen molar-refractivity contribution in [1.29, 1.82) is 0 Å². The Labute approximate surface area is 133 Å². The second kappa shape index (κ2) is 5.54. The van der Waals surface area contributed by atoms with Crippen molar-refractivity contribution in [1.82, 2.24) is 0 Å². The van der Waals surface area contributed by atoms with Crippen molar-refractivity contribution in [2.75, 3.05) is 5.73 Å². The van der Waals surface area contributed by atoms with Gasteiger partial charge in [0.2, 0.25) is 9.84 Å². The van der Waals surface area contributed by atoms with Crippen LogP contribution < -0.4 is 5.73 Å². The van der Waals surface area contributed by atoms with Crippen LogP contribution in [0.15, 0.2) is 51.1 Å². The lowest BCUT2D eigenvalue weighted by Gasteiger charge is -2.11. The molecule has 0 unspecified atom stereocenters. The Morgan fingerprint density at radius 3 is 2.27 bits per heavy atom. The Morgan fingerprint density at radius 2 is 1.73 bits per heavy atom. The van der Waals surface area contributed by atoms with Crippen LogP contribution in [-0.2, 0) is 20.0 Å². The van der Waals surface area contributed by atoms with E-state index >= 15 is 0 Å². The van der Waals surface area contributed by atoms with E-state index in [4.69, 9.17) is 21.9 Å². The molecule has 0 spiro atoms. The number of hydrogen-bond acceptors (Lipinski definition) is 5. The summed E-state index contributed by atoms with van der Waals surface area (Å²) in [7, 11) is -8.68. The standard InChI is InChI=1S/C13H12ClNO5S2/c1-8-5-6-9(7-12(8)22(18,19)20)21(16,17)13-10(14)3-2-4-11(13)15/h2-7H,15H2,1H3,(H,18,19,20). The highest BCUT2D eigenvalue weighted by molar-refractivity contribution is 7.92. The molecule has 0 bridgehead atoms. The van der Waals surface area contributed by atoms with E-state index in [1.54, 1.807) is 0 Å². The molecule has 118 valence electrons. The Kier molecular flexibility index (Phi) is 4.22. The van der Waals surface area contributed by atoms with E-state index in [9.17, 15) is 16.8 Å². The molecule has 0 amide bonds. The number of halogens is 1. The first-order valence-corrected chi connectivity index (χ1v) is 9.22. The second-order valence-corrected chi connectivity index (χ2v) is 8.25. The fourth-order valence-electron chi connectivity index (χ4n) is 1.95. The van der Waals surface area contributed by atoms with E-state index in [2.05, 4.69) is 0 Å². The molecule has 0 fully saturated rings. The zero-order chi connectivity index (χ0) is 16.7. The fraction of sp³-hybridized carbons (Fsp3) is 0.0769. The van der Waals surface area contributed by atoms with Gasteiger partial charge in [0.25, 0.3) is 10.1 Å². The average molecular weight is 362 g/mol. The molecule has 3 N–H and O–H groups in total. The zero-order valence-electron chi connectivity index (χ0n) is 11.3. The lowest BCUT2D eigenvalue weighted by atomic mass is 10.2. The Balaban J connectivity index is 2.76. The lowest BCUT2D eigenvalue weighted by molar-refractivity contribution is 0.482. The summed E-state index contributed by atoms with van der Waals surface area (Å²) in [5, 5.41) is -0.0750. The SMILES string of the molecule is Cc1ccc(S(=O)(=O)c2c(N)cccc2Cl)cc1S(=O)(=O)O. The van der Waals surface area contributed by atoms with Crippen molar-refractivity contribution in [3.8, 4) is 0 Å². The molecule has 9 heteroatoms. The van der Waals surface area contributed by atoms with Gasteiger partial charge >= 0.3 is 0 Å². The van der Waals surface area contributed by atoms with Crippen LogP contribution in [0, 0.1) is 6.92 Å². The molecule has 0 heterocycles. The van der Waals surface area contributed by atoms with E-state index in [0.29, 0.717) is 0 Å². The third-order valence-electron chi connectivity index (χ3n) is 3.01. The summed E-state index contributed by atoms with van der Waals surface area (Å²) in [5.41, 5.74) is 5.83. The number of benzene rings is 2. The van der Waals surface area contributed by atoms with Crippen molar-refractivity contribution in [2.45, 2.75) is 21.6 Å². The second-order valence-electron chi connectivity index (χ2n) is 4.56. The van der Waals surface area contributed by atoms with Gasteiger partial charge in [0.05, 0.1) is 20.5 Å². The maximum absolute atomic E-state index is 12.6. The maximum atomic E-state index is 12.6. The molecule has 0 radical (unpaired) electrons. The smallest absolute Gasteiger partial charge is 0.294 e. The molecule has 0 aliphatic carbocycles. The Bertz CT molecular complexity index is 932. The molecule has 0 saturated carbocycles. The topological polar surface area (TPSA) is 115 Å². The van der Waals surface area contributed by atoms with Crippen molar-refractivity contribution < 1.29 is 21.4 Å². The first-order chi connectivity index (χ1) is 10.0. The predicted octanol–water partition coefficient (Wildman–Crippen LogP) is 2.31. The van der Waals surface area contributed by atoms with Crippen LogP contribution in [0.5, 0.6) is 0 Å². The molecule has 0 aromatic heterocycles. The van der Waals surface area contributed by atoms with Crippen LogP contribution >= 0.6 is 11.6 Å². The third-order valence-corrected chi connectivity index (χ3v) is 6.30. The highest BCUT2D eigenvalue weighted by Crippen LogP contribution is 2.33. The Morgan fingerprint density at radius 1 is 1.09 bits per heavy atom. The van der Waals surface area contributed by atoms with Crippen LogP contribution in [0.2, 0.25) is 5.02 Å². The zero-order valence-corrected chi connectivity index (χ0v) is 13.7. The van der Waals surface area contributed by atoms with Crippen molar-refractivity contribution in [3.63, 3.8) is 0 Å². The van der Waals surface area contributed by atoms with Gasteiger partial charge in [0.1, 0.15) is 4.90 Å². The molecule has 0 aliphatic rings. The van der Waals surface area contributed by atoms with Crippen LogP contribution in [0.4, 0.5) is 5.69 Å². The van der Waals surface area contributed by atoms with E-state index in [1.165, 1.54) is 37.3 Å². The fourth-order valence-corrected chi connectivity index (χ4v) is 4.72. The van der Waals surface area contributed by atoms with Gasteiger partial charge in [-0.25, -0.2) is 8.42 Å². The van der Waals surface area contributed by atoms with Gasteiger partial charge < -0.3 is 5.73 Å². The quantitative estimate of drug-likeness (QED) is 0.640. The number of nitrogens with two attached hydrogens (primary N) is 1. The van der Waals surface area contributed by atoms with Crippen LogP contribution in [0.1, 0.15) is 5.56 Å². The molecule has 0 atom stereocenters. The molecule has 2 aromatic carbocycles. The van der Waals surface area contributed by atoms with Gasteiger partial charge in [0, 0.05) is 0 Å². The van der Waals surface area contributed by atoms with Gasteiger partial charge in [-0.1, -0.05) is 23.7 Å². The molecule has 22 heavy (non-hydrogen) atoms. The normalized spacial score (nSPS) is 12.3. The highest BCUT2D eigenvalue weighted by Gasteiger charge is 2.26. The number of anilines is 1. The summed E-state index contributed by atoms with van der Waals surface area (Å²) < 4.78 is 57.0. The van der Waals surface area contributed by atoms with Gasteiger partial charge in [-0.2, -0.15) is 8.42 Å². The minimum absolute atomic E-state index is 0.0542. The summed E-state index contributed by atoms with van der Waals surface area (Å²) in [6.07, 6.45) is 0. The van der Waals surface area contributed by atoms with Gasteiger partial charge in [0.15, 0.2) is 0 Å². The number of aryl methyl sites for hydroxylation is 1. The average Bonchev–Trinajstić information content (AvgIpc) is 2.37. The minimum atomic E-state index is -4.55. The predicted molar refractivity (Wildman–Crippen MR) is 82.3 cm³/mol. The molecular weight excluding hydrogens is 350 g/mol.